The zero-order chi connectivity index (χ0) is 15.2. The maximum atomic E-state index is 12.0. The molecule has 0 saturated heterocycles. The van der Waals surface area contributed by atoms with Gasteiger partial charge in [0, 0.05) is 24.5 Å². The van der Waals surface area contributed by atoms with Gasteiger partial charge in [-0.1, -0.05) is 0 Å². The number of aromatic nitrogens is 2. The minimum absolute atomic E-state index is 0.103. The van der Waals surface area contributed by atoms with Crippen molar-refractivity contribution >= 4 is 23.0 Å². The largest absolute Gasteiger partial charge is 0.396 e. The Morgan fingerprint density at radius 3 is 2.67 bits per heavy atom. The van der Waals surface area contributed by atoms with E-state index in [2.05, 4.69) is 15.5 Å². The van der Waals surface area contributed by atoms with Crippen molar-refractivity contribution in [3.05, 3.63) is 36.2 Å². The van der Waals surface area contributed by atoms with Crippen LogP contribution in [0.25, 0.3) is 0 Å². The summed E-state index contributed by atoms with van der Waals surface area (Å²) >= 11 is 0. The van der Waals surface area contributed by atoms with Gasteiger partial charge in [-0.05, 0) is 31.2 Å². The number of benzene rings is 1. The van der Waals surface area contributed by atoms with Gasteiger partial charge in [0.05, 0.1) is 18.5 Å². The quantitative estimate of drug-likeness (QED) is 0.636. The highest BCUT2D eigenvalue weighted by atomic mass is 16.3. The molecule has 0 radical (unpaired) electrons. The van der Waals surface area contributed by atoms with Crippen molar-refractivity contribution in [3.63, 3.8) is 0 Å². The zero-order valence-electron chi connectivity index (χ0n) is 11.8. The maximum absolute atomic E-state index is 12.0. The summed E-state index contributed by atoms with van der Waals surface area (Å²) in [6, 6.07) is 7.40. The van der Waals surface area contributed by atoms with Crippen LogP contribution >= 0.6 is 0 Å². The molecule has 5 N–H and O–H groups in total. The number of aliphatic hydroxyl groups is 1. The van der Waals surface area contributed by atoms with E-state index >= 15 is 0 Å². The summed E-state index contributed by atoms with van der Waals surface area (Å²) in [4.78, 5) is 14.0. The predicted octanol–water partition coefficient (Wildman–Crippen LogP) is 1.06. The second kappa shape index (κ2) is 6.76. The maximum Gasteiger partial charge on any atom is 0.275 e. The van der Waals surface area contributed by atoms with E-state index in [1.807, 2.05) is 24.0 Å². The Kier molecular flexibility index (Phi) is 4.78. The third-order valence-electron chi connectivity index (χ3n) is 3.14. The van der Waals surface area contributed by atoms with Crippen molar-refractivity contribution in [1.82, 2.24) is 10.2 Å². The number of rotatable bonds is 6. The molecule has 0 aliphatic rings. The lowest BCUT2D eigenvalue weighted by Gasteiger charge is -2.22. The second-order valence-electron chi connectivity index (χ2n) is 4.50. The molecule has 112 valence electrons. The average molecular weight is 289 g/mol. The summed E-state index contributed by atoms with van der Waals surface area (Å²) in [6.07, 6.45) is 1.39. The van der Waals surface area contributed by atoms with Crippen LogP contribution in [0.1, 0.15) is 17.4 Å². The van der Waals surface area contributed by atoms with Gasteiger partial charge in [0.2, 0.25) is 0 Å². The first-order valence-electron chi connectivity index (χ1n) is 6.71. The SMILES string of the molecule is CCN(CCO)c1ccc(NC(=O)c2[nH]ncc2N)cc1. The number of hydrogen-bond acceptors (Lipinski definition) is 5. The molecule has 2 aromatic rings. The summed E-state index contributed by atoms with van der Waals surface area (Å²) in [6.45, 7) is 3.50. The molecule has 7 nitrogen and oxygen atoms in total. The lowest BCUT2D eigenvalue weighted by molar-refractivity contribution is 0.102. The first-order chi connectivity index (χ1) is 10.2. The van der Waals surface area contributed by atoms with Crippen LogP contribution in [0.5, 0.6) is 0 Å². The van der Waals surface area contributed by atoms with Gasteiger partial charge in [0.25, 0.3) is 5.91 Å². The molecule has 0 aliphatic carbocycles. The van der Waals surface area contributed by atoms with Gasteiger partial charge in [-0.15, -0.1) is 0 Å². The fourth-order valence-corrected chi connectivity index (χ4v) is 2.02. The van der Waals surface area contributed by atoms with Crippen molar-refractivity contribution in [2.24, 2.45) is 0 Å². The van der Waals surface area contributed by atoms with Gasteiger partial charge in [0.1, 0.15) is 5.69 Å². The highest BCUT2D eigenvalue weighted by Crippen LogP contribution is 2.18. The van der Waals surface area contributed by atoms with Crippen LogP contribution in [-0.4, -0.2) is 40.9 Å². The molecule has 1 heterocycles. The summed E-state index contributed by atoms with van der Waals surface area (Å²) in [5, 5.41) is 18.0. The molecular formula is C14H19N5O2. The van der Waals surface area contributed by atoms with E-state index < -0.39 is 0 Å². The molecule has 0 unspecified atom stereocenters. The monoisotopic (exact) mass is 289 g/mol. The van der Waals surface area contributed by atoms with E-state index in [4.69, 9.17) is 10.8 Å². The number of amides is 1. The van der Waals surface area contributed by atoms with Crippen LogP contribution in [-0.2, 0) is 0 Å². The normalized spacial score (nSPS) is 10.4. The third kappa shape index (κ3) is 3.51. The van der Waals surface area contributed by atoms with Gasteiger partial charge in [-0.2, -0.15) is 5.10 Å². The van der Waals surface area contributed by atoms with Crippen molar-refractivity contribution < 1.29 is 9.90 Å². The first-order valence-corrected chi connectivity index (χ1v) is 6.71. The van der Waals surface area contributed by atoms with Crippen LogP contribution < -0.4 is 16.0 Å². The summed E-state index contributed by atoms with van der Waals surface area (Å²) in [5.41, 5.74) is 7.84. The number of aromatic amines is 1. The van der Waals surface area contributed by atoms with E-state index in [9.17, 15) is 4.79 Å². The van der Waals surface area contributed by atoms with Crippen LogP contribution in [0, 0.1) is 0 Å². The molecule has 0 fully saturated rings. The number of H-pyrrole nitrogens is 1. The second-order valence-corrected chi connectivity index (χ2v) is 4.50. The van der Waals surface area contributed by atoms with Crippen LogP contribution in [0.15, 0.2) is 30.5 Å². The lowest BCUT2D eigenvalue weighted by Crippen LogP contribution is -2.26. The summed E-state index contributed by atoms with van der Waals surface area (Å²) < 4.78 is 0. The molecule has 21 heavy (non-hydrogen) atoms. The number of nitrogens with two attached hydrogens (primary N) is 1. The Morgan fingerprint density at radius 1 is 1.43 bits per heavy atom. The topological polar surface area (TPSA) is 107 Å². The highest BCUT2D eigenvalue weighted by molar-refractivity contribution is 6.06. The molecule has 0 bridgehead atoms. The van der Waals surface area contributed by atoms with Gasteiger partial charge in [-0.25, -0.2) is 0 Å². The van der Waals surface area contributed by atoms with Crippen LogP contribution in [0.3, 0.4) is 0 Å². The molecule has 0 spiro atoms. The molecule has 1 aromatic heterocycles. The van der Waals surface area contributed by atoms with Crippen LogP contribution in [0.2, 0.25) is 0 Å². The van der Waals surface area contributed by atoms with Gasteiger partial charge >= 0.3 is 0 Å². The first kappa shape index (κ1) is 14.9. The number of nitrogen functional groups attached to an aromatic ring is 1. The third-order valence-corrected chi connectivity index (χ3v) is 3.14. The molecule has 1 amide bonds. The fraction of sp³-hybridized carbons (Fsp3) is 0.286. The Morgan fingerprint density at radius 2 is 2.14 bits per heavy atom. The predicted molar refractivity (Wildman–Crippen MR) is 82.4 cm³/mol. The molecule has 7 heteroatoms. The number of nitrogens with one attached hydrogen (secondary N) is 2. The molecule has 2 rings (SSSR count). The minimum atomic E-state index is -0.333. The number of nitrogens with zero attached hydrogens (tertiary/aromatic N) is 2. The molecule has 0 aliphatic heterocycles. The molecular weight excluding hydrogens is 270 g/mol. The number of carbonyl (C=O) groups is 1. The highest BCUT2D eigenvalue weighted by Gasteiger charge is 2.12. The number of aliphatic hydroxyl groups excluding tert-OH is 1. The van der Waals surface area contributed by atoms with E-state index in [-0.39, 0.29) is 18.2 Å². The average Bonchev–Trinajstić information content (AvgIpc) is 2.92. The smallest absolute Gasteiger partial charge is 0.275 e. The number of anilines is 3. The van der Waals surface area contributed by atoms with Crippen molar-refractivity contribution in [3.8, 4) is 0 Å². The van der Waals surface area contributed by atoms with E-state index in [0.717, 1.165) is 12.2 Å². The molecule has 0 atom stereocenters. The van der Waals surface area contributed by atoms with E-state index in [1.54, 1.807) is 12.1 Å². The molecule has 0 saturated carbocycles. The van der Waals surface area contributed by atoms with Crippen LogP contribution in [0.4, 0.5) is 17.1 Å². The van der Waals surface area contributed by atoms with Gasteiger partial charge < -0.3 is 21.1 Å². The Labute approximate surface area is 122 Å². The molecule has 1 aromatic carbocycles. The lowest BCUT2D eigenvalue weighted by atomic mass is 10.2. The van der Waals surface area contributed by atoms with Crippen molar-refractivity contribution in [1.29, 1.82) is 0 Å². The van der Waals surface area contributed by atoms with Gasteiger partial charge in [-0.3, -0.25) is 9.89 Å². The number of likely N-dealkylation sites (N-methyl/N-ethyl adjacent to an activating group) is 1. The Hall–Kier alpha value is -2.54. The van der Waals surface area contributed by atoms with Gasteiger partial charge in [0.15, 0.2) is 0 Å². The minimum Gasteiger partial charge on any atom is -0.396 e. The van der Waals surface area contributed by atoms with Crippen molar-refractivity contribution in [2.75, 3.05) is 35.6 Å². The van der Waals surface area contributed by atoms with E-state index in [1.165, 1.54) is 6.20 Å². The number of hydrogen-bond donors (Lipinski definition) is 4. The standard InChI is InChI=1S/C14H19N5O2/c1-2-19(7-8-20)11-5-3-10(4-6-11)17-14(21)13-12(15)9-16-18-13/h3-6,9,20H,2,7-8,15H2,1H3,(H,16,18)(H,17,21). The Bertz CT molecular complexity index is 594. The fourth-order valence-electron chi connectivity index (χ4n) is 2.02. The van der Waals surface area contributed by atoms with Crippen molar-refractivity contribution in [2.45, 2.75) is 6.92 Å². The summed E-state index contributed by atoms with van der Waals surface area (Å²) in [5.74, 6) is -0.333. The summed E-state index contributed by atoms with van der Waals surface area (Å²) in [7, 11) is 0. The Balaban J connectivity index is 2.06. The van der Waals surface area contributed by atoms with E-state index in [0.29, 0.717) is 17.9 Å². The number of carbonyl (C=O) groups excluding carboxylic acids is 1. The zero-order valence-corrected chi connectivity index (χ0v) is 11.8.